The molecule has 0 aliphatic carbocycles. The summed E-state index contributed by atoms with van der Waals surface area (Å²) >= 11 is 6.20. The first kappa shape index (κ1) is 31.8. The number of ether oxygens (including phenoxy) is 1. The quantitative estimate of drug-likeness (QED) is 0.249. The van der Waals surface area contributed by atoms with Crippen LogP contribution >= 0.6 is 11.6 Å². The molecule has 0 saturated carbocycles. The summed E-state index contributed by atoms with van der Waals surface area (Å²) in [5, 5.41) is 16.0. The first-order chi connectivity index (χ1) is 21.8. The summed E-state index contributed by atoms with van der Waals surface area (Å²) in [5.74, 6) is -2.44. The average molecular weight is 648 g/mol. The number of hydrogen-bond acceptors (Lipinski definition) is 6. The number of rotatable bonds is 6. The van der Waals surface area contributed by atoms with Gasteiger partial charge in [0.1, 0.15) is 0 Å². The predicted octanol–water partition coefficient (Wildman–Crippen LogP) is 6.70. The van der Waals surface area contributed by atoms with Crippen LogP contribution in [0.5, 0.6) is 5.75 Å². The van der Waals surface area contributed by atoms with Crippen LogP contribution < -0.4 is 9.64 Å². The van der Waals surface area contributed by atoms with Crippen molar-refractivity contribution in [3.8, 4) is 17.0 Å². The molecular formula is C35H39ClFN5O4. The van der Waals surface area contributed by atoms with Gasteiger partial charge in [-0.15, -0.1) is 0 Å². The molecule has 4 heterocycles. The molecule has 11 heteroatoms. The molecule has 2 aliphatic rings. The third-order valence-corrected chi connectivity index (χ3v) is 9.18. The highest BCUT2D eigenvalue weighted by Gasteiger charge is 2.34. The van der Waals surface area contributed by atoms with Crippen LogP contribution in [0.3, 0.4) is 0 Å². The van der Waals surface area contributed by atoms with Gasteiger partial charge in [-0.3, -0.25) is 9.59 Å². The van der Waals surface area contributed by atoms with Crippen LogP contribution in [-0.2, 0) is 11.2 Å². The van der Waals surface area contributed by atoms with Crippen molar-refractivity contribution in [3.05, 3.63) is 75.3 Å². The molecule has 2 aromatic carbocycles. The van der Waals surface area contributed by atoms with Gasteiger partial charge in [-0.05, 0) is 68.4 Å². The summed E-state index contributed by atoms with van der Waals surface area (Å²) in [7, 11) is 0. The Morgan fingerprint density at radius 2 is 1.85 bits per heavy atom. The number of carbonyl (C=O) groups excluding carboxylic acids is 1. The highest BCUT2D eigenvalue weighted by molar-refractivity contribution is 6.30. The van der Waals surface area contributed by atoms with Gasteiger partial charge in [0.15, 0.2) is 22.9 Å². The van der Waals surface area contributed by atoms with Crippen molar-refractivity contribution < 1.29 is 23.8 Å². The van der Waals surface area contributed by atoms with Crippen LogP contribution in [0.25, 0.3) is 16.9 Å². The molecule has 0 unspecified atom stereocenters. The number of anilines is 1. The fourth-order valence-corrected chi connectivity index (χ4v) is 6.93. The molecule has 1 amide bonds. The molecule has 46 heavy (non-hydrogen) atoms. The fraction of sp³-hybridized carbons (Fsp3) is 0.429. The lowest BCUT2D eigenvalue weighted by Gasteiger charge is -2.35. The van der Waals surface area contributed by atoms with Crippen LogP contribution in [-0.4, -0.2) is 69.3 Å². The van der Waals surface area contributed by atoms with Gasteiger partial charge in [-0.1, -0.05) is 38.4 Å². The number of carboxylic acids is 1. The minimum absolute atomic E-state index is 0.198. The summed E-state index contributed by atoms with van der Waals surface area (Å²) in [6, 6.07) is 10.7. The van der Waals surface area contributed by atoms with E-state index in [1.165, 1.54) is 10.6 Å². The third-order valence-electron chi connectivity index (χ3n) is 8.94. The molecule has 1 atom stereocenters. The Labute approximate surface area is 272 Å². The number of aryl methyl sites for hydroxylation is 1. The minimum atomic E-state index is -0.999. The molecule has 4 aromatic rings. The maximum Gasteiger partial charge on any atom is 0.311 e. The van der Waals surface area contributed by atoms with E-state index in [2.05, 4.69) is 4.90 Å². The molecule has 0 spiro atoms. The molecular weight excluding hydrogens is 609 g/mol. The molecule has 9 nitrogen and oxygen atoms in total. The topological polar surface area (TPSA) is 100 Å². The zero-order chi connectivity index (χ0) is 32.9. The Bertz CT molecular complexity index is 1840. The fourth-order valence-electron chi connectivity index (χ4n) is 6.75. The van der Waals surface area contributed by atoms with Crippen LogP contribution in [0, 0.1) is 25.1 Å². The predicted molar refractivity (Wildman–Crippen MR) is 176 cm³/mol. The maximum atomic E-state index is 15.7. The lowest BCUT2D eigenvalue weighted by molar-refractivity contribution is -0.139. The van der Waals surface area contributed by atoms with E-state index in [0.717, 1.165) is 23.2 Å². The van der Waals surface area contributed by atoms with E-state index in [-0.39, 0.29) is 22.8 Å². The minimum Gasteiger partial charge on any atom is -0.490 e. The van der Waals surface area contributed by atoms with E-state index >= 15 is 4.39 Å². The summed E-state index contributed by atoms with van der Waals surface area (Å²) in [4.78, 5) is 35.4. The zero-order valence-corrected chi connectivity index (χ0v) is 27.6. The van der Waals surface area contributed by atoms with Crippen LogP contribution in [0.1, 0.15) is 72.4 Å². The van der Waals surface area contributed by atoms with Gasteiger partial charge in [0.25, 0.3) is 5.91 Å². The summed E-state index contributed by atoms with van der Waals surface area (Å²) in [6.45, 7) is 12.3. The van der Waals surface area contributed by atoms with Gasteiger partial charge in [0.05, 0.1) is 18.2 Å². The molecule has 1 saturated heterocycles. The SMILES string of the molecule is Cc1nc2cc(C(=O)N3CCN(c4cccc(Cl)c4)CC3)nn2c(-c2cc(F)c3c(c2C)CCCO3)c1[C@H](CC(C)(C)C)C(=O)O. The number of nitrogens with zero attached hydrogens (tertiary/aromatic N) is 5. The second-order valence-corrected chi connectivity index (χ2v) is 13.9. The number of fused-ring (bicyclic) bond motifs is 2. The van der Waals surface area contributed by atoms with E-state index in [9.17, 15) is 14.7 Å². The Morgan fingerprint density at radius 3 is 2.52 bits per heavy atom. The first-order valence-corrected chi connectivity index (χ1v) is 16.1. The second kappa shape index (κ2) is 12.2. The Hall–Kier alpha value is -4.18. The monoisotopic (exact) mass is 647 g/mol. The van der Waals surface area contributed by atoms with Gasteiger partial charge < -0.3 is 19.6 Å². The summed E-state index contributed by atoms with van der Waals surface area (Å²) in [6.07, 6.45) is 1.72. The van der Waals surface area contributed by atoms with Gasteiger partial charge >= 0.3 is 5.97 Å². The van der Waals surface area contributed by atoms with Gasteiger partial charge in [-0.2, -0.15) is 5.10 Å². The van der Waals surface area contributed by atoms with Gasteiger partial charge in [0, 0.05) is 65.3 Å². The number of aliphatic carboxylic acids is 1. The van der Waals surface area contributed by atoms with Crippen LogP contribution in [0.2, 0.25) is 5.02 Å². The van der Waals surface area contributed by atoms with Crippen molar-refractivity contribution in [2.45, 2.75) is 59.8 Å². The van der Waals surface area contributed by atoms with Gasteiger partial charge in [-0.25, -0.2) is 13.9 Å². The smallest absolute Gasteiger partial charge is 0.311 e. The molecule has 0 bridgehead atoms. The Kier molecular flexibility index (Phi) is 8.43. The van der Waals surface area contributed by atoms with Crippen molar-refractivity contribution in [1.82, 2.24) is 19.5 Å². The van der Waals surface area contributed by atoms with Crippen molar-refractivity contribution in [2.24, 2.45) is 5.41 Å². The van der Waals surface area contributed by atoms with Crippen molar-refractivity contribution >= 4 is 34.8 Å². The number of carboxylic acid groups (broad SMARTS) is 1. The number of carbonyl (C=O) groups is 2. The van der Waals surface area contributed by atoms with E-state index < -0.39 is 17.7 Å². The van der Waals surface area contributed by atoms with E-state index in [1.54, 1.807) is 17.9 Å². The number of aromatic nitrogens is 3. The van der Waals surface area contributed by atoms with Gasteiger partial charge in [0.2, 0.25) is 0 Å². The zero-order valence-electron chi connectivity index (χ0n) is 26.9. The van der Waals surface area contributed by atoms with Crippen LogP contribution in [0.4, 0.5) is 10.1 Å². The van der Waals surface area contributed by atoms with Crippen molar-refractivity contribution in [3.63, 3.8) is 0 Å². The molecule has 242 valence electrons. The average Bonchev–Trinajstić information content (AvgIpc) is 3.44. The first-order valence-electron chi connectivity index (χ1n) is 15.7. The molecule has 0 radical (unpaired) electrons. The van der Waals surface area contributed by atoms with Crippen molar-refractivity contribution in [1.29, 1.82) is 0 Å². The lowest BCUT2D eigenvalue weighted by Crippen LogP contribution is -2.48. The highest BCUT2D eigenvalue weighted by atomic mass is 35.5. The number of amides is 1. The van der Waals surface area contributed by atoms with E-state index in [0.29, 0.717) is 78.8 Å². The number of piperazine rings is 1. The molecule has 2 aromatic heterocycles. The maximum absolute atomic E-state index is 15.7. The summed E-state index contributed by atoms with van der Waals surface area (Å²) < 4.78 is 22.9. The molecule has 1 N–H and O–H groups in total. The lowest BCUT2D eigenvalue weighted by atomic mass is 9.79. The number of halogens is 2. The Morgan fingerprint density at radius 1 is 1.11 bits per heavy atom. The molecule has 2 aliphatic heterocycles. The number of benzene rings is 2. The largest absolute Gasteiger partial charge is 0.490 e. The second-order valence-electron chi connectivity index (χ2n) is 13.5. The Balaban J connectivity index is 1.46. The standard InChI is InChI=1S/C35H39ClFN5O4/c1-20-24-10-7-15-46-32(24)27(37)17-25(20)31-30(26(34(44)45)19-35(3,4)5)21(2)38-29-18-28(39-42(29)31)33(43)41-13-11-40(12-14-41)23-9-6-8-22(36)16-23/h6,8-9,16-18,26H,7,10-15,19H2,1-5H3,(H,44,45)/t26-/m0/s1. The molecule has 1 fully saturated rings. The molecule has 6 rings (SSSR count). The highest BCUT2D eigenvalue weighted by Crippen LogP contribution is 2.43. The summed E-state index contributed by atoms with van der Waals surface area (Å²) in [5.41, 5.74) is 4.75. The number of hydrogen-bond donors (Lipinski definition) is 1. The van der Waals surface area contributed by atoms with Crippen molar-refractivity contribution in [2.75, 3.05) is 37.7 Å². The van der Waals surface area contributed by atoms with E-state index in [1.807, 2.05) is 52.0 Å². The van der Waals surface area contributed by atoms with Crippen LogP contribution in [0.15, 0.2) is 36.4 Å². The van der Waals surface area contributed by atoms with E-state index in [4.69, 9.17) is 26.4 Å². The normalized spacial score (nSPS) is 15.9. The third kappa shape index (κ3) is 6.02.